The molecule has 0 spiro atoms. The van der Waals surface area contributed by atoms with Crippen LogP contribution in [0.1, 0.15) is 25.7 Å². The van der Waals surface area contributed by atoms with E-state index in [0.29, 0.717) is 13.1 Å². The molecule has 0 aromatic carbocycles. The molecule has 104 valence electrons. The largest absolute Gasteiger partial charge is 0.337 e. The minimum atomic E-state index is 0.0679. The van der Waals surface area contributed by atoms with Gasteiger partial charge in [-0.25, -0.2) is 0 Å². The molecule has 0 atom stereocenters. The van der Waals surface area contributed by atoms with Crippen LogP contribution >= 0.6 is 22.7 Å². The van der Waals surface area contributed by atoms with Crippen molar-refractivity contribution in [2.45, 2.75) is 13.5 Å². The summed E-state index contributed by atoms with van der Waals surface area (Å²) < 4.78 is 0. The van der Waals surface area contributed by atoms with Gasteiger partial charge in [-0.3, -0.25) is 4.79 Å². The van der Waals surface area contributed by atoms with Crippen LogP contribution < -0.4 is 5.73 Å². The van der Waals surface area contributed by atoms with Gasteiger partial charge in [-0.05, 0) is 40.9 Å². The summed E-state index contributed by atoms with van der Waals surface area (Å²) in [5.41, 5.74) is 7.48. The first-order valence-electron chi connectivity index (χ1n) is 6.17. The van der Waals surface area contributed by atoms with Crippen LogP contribution in [0.2, 0.25) is 0 Å². The van der Waals surface area contributed by atoms with Gasteiger partial charge in [0.25, 0.3) is 5.91 Å². The fourth-order valence-corrected chi connectivity index (χ4v) is 3.46. The first-order valence-corrected chi connectivity index (χ1v) is 7.93. The molecule has 0 saturated heterocycles. The molecule has 0 unspecified atom stereocenters. The average molecular weight is 304 g/mol. The van der Waals surface area contributed by atoms with Crippen molar-refractivity contribution in [3.63, 3.8) is 0 Å². The molecule has 0 radical (unpaired) electrons. The lowest BCUT2D eigenvalue weighted by molar-refractivity contribution is 0.0789. The van der Waals surface area contributed by atoms with Crippen LogP contribution in [0, 0.1) is 18.8 Å². The summed E-state index contributed by atoms with van der Waals surface area (Å²) in [4.78, 5) is 15.8. The van der Waals surface area contributed by atoms with E-state index in [1.54, 1.807) is 16.2 Å². The lowest BCUT2D eigenvalue weighted by atomic mass is 10.2. The fourth-order valence-electron chi connectivity index (χ4n) is 1.77. The van der Waals surface area contributed by atoms with Crippen molar-refractivity contribution in [3.05, 3.63) is 43.8 Å². The number of aryl methyl sites for hydroxylation is 1. The first-order chi connectivity index (χ1) is 9.61. The molecule has 2 N–H and O–H groups in total. The molecule has 1 amide bonds. The van der Waals surface area contributed by atoms with E-state index in [1.165, 1.54) is 11.3 Å². The second kappa shape index (κ2) is 6.71. The molecule has 3 nitrogen and oxygen atoms in total. The molecule has 2 heterocycles. The van der Waals surface area contributed by atoms with Crippen LogP contribution in [0.3, 0.4) is 0 Å². The lowest BCUT2D eigenvalue weighted by Crippen LogP contribution is -2.25. The highest BCUT2D eigenvalue weighted by atomic mass is 32.1. The molecule has 0 aliphatic carbocycles. The molecule has 2 aromatic rings. The number of carbonyl (C=O) groups excluding carboxylic acids is 1. The summed E-state index contributed by atoms with van der Waals surface area (Å²) in [6.45, 7) is 2.92. The zero-order valence-corrected chi connectivity index (χ0v) is 13.1. The Labute approximate surface area is 127 Å². The van der Waals surface area contributed by atoms with Crippen LogP contribution in [0.25, 0.3) is 0 Å². The normalized spacial score (nSPS) is 9.95. The second-order valence-electron chi connectivity index (χ2n) is 4.42. The smallest absolute Gasteiger partial charge is 0.264 e. The van der Waals surface area contributed by atoms with E-state index in [2.05, 4.69) is 11.8 Å². The zero-order chi connectivity index (χ0) is 14.5. The third-order valence-corrected chi connectivity index (χ3v) is 4.69. The lowest BCUT2D eigenvalue weighted by Gasteiger charge is -2.15. The number of nitrogens with two attached hydrogens (primary N) is 1. The van der Waals surface area contributed by atoms with E-state index < -0.39 is 0 Å². The van der Waals surface area contributed by atoms with E-state index in [-0.39, 0.29) is 5.91 Å². The van der Waals surface area contributed by atoms with Gasteiger partial charge in [-0.15, -0.1) is 22.7 Å². The Bertz CT molecular complexity index is 661. The Morgan fingerprint density at radius 1 is 1.45 bits per heavy atom. The molecule has 5 heteroatoms. The third kappa shape index (κ3) is 3.48. The molecule has 0 saturated carbocycles. The van der Waals surface area contributed by atoms with Crippen molar-refractivity contribution >= 4 is 28.6 Å². The standard InChI is InChI=1S/C15H16N2OS2/c1-11-5-7-19-14(11)15(18)17(2)9-12-8-13(20-10-12)4-3-6-16/h5,7-8,10H,6,9,16H2,1-2H3. The maximum Gasteiger partial charge on any atom is 0.264 e. The minimum Gasteiger partial charge on any atom is -0.337 e. The summed E-state index contributed by atoms with van der Waals surface area (Å²) in [6, 6.07) is 3.98. The predicted molar refractivity (Wildman–Crippen MR) is 85.1 cm³/mol. The topological polar surface area (TPSA) is 46.3 Å². The van der Waals surface area contributed by atoms with Crippen molar-refractivity contribution in [1.82, 2.24) is 4.90 Å². The van der Waals surface area contributed by atoms with Crippen LogP contribution in [-0.2, 0) is 6.54 Å². The Hall–Kier alpha value is -1.61. The van der Waals surface area contributed by atoms with Crippen LogP contribution in [0.5, 0.6) is 0 Å². The quantitative estimate of drug-likeness (QED) is 0.886. The number of hydrogen-bond donors (Lipinski definition) is 1. The van der Waals surface area contributed by atoms with Gasteiger partial charge in [0, 0.05) is 13.6 Å². The molecule has 0 aliphatic heterocycles. The third-order valence-electron chi connectivity index (χ3n) is 2.79. The highest BCUT2D eigenvalue weighted by Crippen LogP contribution is 2.20. The van der Waals surface area contributed by atoms with Crippen molar-refractivity contribution in [1.29, 1.82) is 0 Å². The average Bonchev–Trinajstić information content (AvgIpc) is 3.04. The number of rotatable bonds is 3. The summed E-state index contributed by atoms with van der Waals surface area (Å²) in [6.07, 6.45) is 0. The first kappa shape index (κ1) is 14.8. The van der Waals surface area contributed by atoms with Crippen molar-refractivity contribution in [3.8, 4) is 11.8 Å². The maximum absolute atomic E-state index is 12.3. The number of amides is 1. The minimum absolute atomic E-state index is 0.0679. The number of hydrogen-bond acceptors (Lipinski definition) is 4. The van der Waals surface area contributed by atoms with Crippen LogP contribution in [0.15, 0.2) is 22.9 Å². The molecule has 2 rings (SSSR count). The SMILES string of the molecule is Cc1ccsc1C(=O)N(C)Cc1csc(C#CCN)c1. The maximum atomic E-state index is 12.3. The Balaban J connectivity index is 2.04. The highest BCUT2D eigenvalue weighted by Gasteiger charge is 2.15. The van der Waals surface area contributed by atoms with E-state index in [4.69, 9.17) is 5.73 Å². The van der Waals surface area contributed by atoms with Crippen molar-refractivity contribution < 1.29 is 4.79 Å². The molecule has 2 aromatic heterocycles. The Morgan fingerprint density at radius 2 is 2.25 bits per heavy atom. The van der Waals surface area contributed by atoms with E-state index in [0.717, 1.165) is 20.9 Å². The predicted octanol–water partition coefficient (Wildman–Crippen LogP) is 2.70. The molecular weight excluding hydrogens is 288 g/mol. The zero-order valence-electron chi connectivity index (χ0n) is 11.5. The van der Waals surface area contributed by atoms with E-state index in [1.807, 2.05) is 36.9 Å². The van der Waals surface area contributed by atoms with Gasteiger partial charge >= 0.3 is 0 Å². The number of thiophene rings is 2. The van der Waals surface area contributed by atoms with Gasteiger partial charge in [-0.1, -0.05) is 11.8 Å². The molecular formula is C15H16N2OS2. The van der Waals surface area contributed by atoms with Crippen molar-refractivity contribution in [2.75, 3.05) is 13.6 Å². The fraction of sp³-hybridized carbons (Fsp3) is 0.267. The van der Waals surface area contributed by atoms with Gasteiger partial charge in [0.15, 0.2) is 0 Å². The molecule has 0 fully saturated rings. The monoisotopic (exact) mass is 304 g/mol. The molecule has 0 aliphatic rings. The second-order valence-corrected chi connectivity index (χ2v) is 6.25. The summed E-state index contributed by atoms with van der Waals surface area (Å²) in [5, 5.41) is 3.98. The number of nitrogens with zero attached hydrogens (tertiary/aromatic N) is 1. The van der Waals surface area contributed by atoms with Crippen molar-refractivity contribution in [2.24, 2.45) is 5.73 Å². The van der Waals surface area contributed by atoms with E-state index in [9.17, 15) is 4.79 Å². The van der Waals surface area contributed by atoms with Gasteiger partial charge in [0.2, 0.25) is 0 Å². The van der Waals surface area contributed by atoms with Gasteiger partial charge < -0.3 is 10.6 Å². The summed E-state index contributed by atoms with van der Waals surface area (Å²) in [7, 11) is 1.82. The summed E-state index contributed by atoms with van der Waals surface area (Å²) in [5.74, 6) is 5.91. The Morgan fingerprint density at radius 3 is 2.90 bits per heavy atom. The Kier molecular flexibility index (Phi) is 4.96. The molecule has 0 bridgehead atoms. The summed E-state index contributed by atoms with van der Waals surface area (Å²) >= 11 is 3.07. The van der Waals surface area contributed by atoms with Crippen LogP contribution in [-0.4, -0.2) is 24.4 Å². The van der Waals surface area contributed by atoms with Gasteiger partial charge in [0.05, 0.1) is 16.3 Å². The van der Waals surface area contributed by atoms with E-state index >= 15 is 0 Å². The molecule has 20 heavy (non-hydrogen) atoms. The van der Waals surface area contributed by atoms with Crippen LogP contribution in [0.4, 0.5) is 0 Å². The van der Waals surface area contributed by atoms with Gasteiger partial charge in [-0.2, -0.15) is 0 Å². The highest BCUT2D eigenvalue weighted by molar-refractivity contribution is 7.12. The number of carbonyl (C=O) groups is 1. The van der Waals surface area contributed by atoms with Gasteiger partial charge in [0.1, 0.15) is 0 Å².